The largest absolute Gasteiger partial charge is 0.222 e. The molecule has 1 heterocycles. The molecule has 0 unspecified atom stereocenters. The first-order valence-corrected chi connectivity index (χ1v) is 5.84. The van der Waals surface area contributed by atoms with Crippen LogP contribution in [0.3, 0.4) is 0 Å². The van der Waals surface area contributed by atoms with E-state index in [0.29, 0.717) is 5.92 Å². The number of aromatic nitrogens is 2. The van der Waals surface area contributed by atoms with E-state index >= 15 is 0 Å². The molecule has 1 aromatic carbocycles. The Morgan fingerprint density at radius 2 is 1.72 bits per heavy atom. The average molecular weight is 273 g/mol. The normalized spacial score (nSPS) is 15.1. The summed E-state index contributed by atoms with van der Waals surface area (Å²) in [5.74, 6) is -3.64. The number of hydrogen-bond acceptors (Lipinski definition) is 1. The molecule has 1 aliphatic rings. The van der Waals surface area contributed by atoms with Gasteiger partial charge in [-0.1, -0.05) is 11.6 Å². The lowest BCUT2D eigenvalue weighted by Gasteiger charge is -2.04. The number of hydrogen-bond donors (Lipinski definition) is 0. The quantitative estimate of drug-likeness (QED) is 0.760. The average Bonchev–Trinajstić information content (AvgIpc) is 3.09. The van der Waals surface area contributed by atoms with E-state index in [2.05, 4.69) is 5.10 Å². The Bertz CT molecular complexity index is 597. The zero-order chi connectivity index (χ0) is 12.9. The minimum atomic E-state index is -1.50. The van der Waals surface area contributed by atoms with Crippen LogP contribution in [0.15, 0.2) is 18.2 Å². The lowest BCUT2D eigenvalue weighted by molar-refractivity contribution is 0.446. The van der Waals surface area contributed by atoms with Crippen molar-refractivity contribution in [1.82, 2.24) is 9.78 Å². The van der Waals surface area contributed by atoms with Crippen LogP contribution in [0.1, 0.15) is 24.5 Å². The Balaban J connectivity index is 2.08. The third kappa shape index (κ3) is 1.88. The Morgan fingerprint density at radius 1 is 1.11 bits per heavy atom. The van der Waals surface area contributed by atoms with E-state index < -0.39 is 17.5 Å². The summed E-state index contributed by atoms with van der Waals surface area (Å²) in [5, 5.41) is 4.44. The van der Waals surface area contributed by atoms with Crippen molar-refractivity contribution >= 4 is 11.6 Å². The van der Waals surface area contributed by atoms with Crippen LogP contribution in [0, 0.1) is 17.5 Å². The summed E-state index contributed by atoms with van der Waals surface area (Å²) in [5.41, 5.74) is 0.869. The van der Waals surface area contributed by atoms with Crippen LogP contribution in [-0.4, -0.2) is 9.78 Å². The van der Waals surface area contributed by atoms with Crippen molar-refractivity contribution in [2.45, 2.75) is 18.8 Å². The summed E-state index contributed by atoms with van der Waals surface area (Å²) >= 11 is 5.96. The highest BCUT2D eigenvalue weighted by molar-refractivity contribution is 6.29. The Labute approximate surface area is 106 Å². The second-order valence-corrected chi connectivity index (χ2v) is 4.69. The van der Waals surface area contributed by atoms with Crippen molar-refractivity contribution in [2.75, 3.05) is 0 Å². The van der Waals surface area contributed by atoms with Gasteiger partial charge in [-0.3, -0.25) is 0 Å². The minimum absolute atomic E-state index is 0.0725. The molecule has 0 bridgehead atoms. The van der Waals surface area contributed by atoms with Crippen LogP contribution < -0.4 is 0 Å². The first-order valence-electron chi connectivity index (χ1n) is 5.46. The van der Waals surface area contributed by atoms with Crippen molar-refractivity contribution < 1.29 is 13.2 Å². The van der Waals surface area contributed by atoms with Gasteiger partial charge in [0.1, 0.15) is 5.15 Å². The molecule has 2 nitrogen and oxygen atoms in total. The summed E-state index contributed by atoms with van der Waals surface area (Å²) in [6, 6.07) is 3.40. The van der Waals surface area contributed by atoms with E-state index in [-0.39, 0.29) is 10.8 Å². The lowest BCUT2D eigenvalue weighted by Crippen LogP contribution is -2.01. The highest BCUT2D eigenvalue weighted by Crippen LogP contribution is 2.40. The standard InChI is InChI=1S/C12H8ClF3N2/c13-11-5-10(6-1-2-6)17-18(11)7-3-8(14)12(16)9(15)4-7/h3-6H,1-2H2. The van der Waals surface area contributed by atoms with E-state index in [0.717, 1.165) is 30.7 Å². The van der Waals surface area contributed by atoms with Gasteiger partial charge in [-0.2, -0.15) is 5.10 Å². The molecule has 0 aliphatic heterocycles. The van der Waals surface area contributed by atoms with Crippen LogP contribution in [-0.2, 0) is 0 Å². The van der Waals surface area contributed by atoms with Crippen LogP contribution >= 0.6 is 11.6 Å². The van der Waals surface area contributed by atoms with Gasteiger partial charge < -0.3 is 0 Å². The maximum absolute atomic E-state index is 13.1. The Hall–Kier alpha value is -1.49. The first kappa shape index (κ1) is 11.6. The Kier molecular flexibility index (Phi) is 2.59. The second kappa shape index (κ2) is 4.02. The molecule has 2 aromatic rings. The van der Waals surface area contributed by atoms with Gasteiger partial charge >= 0.3 is 0 Å². The summed E-state index contributed by atoms with van der Waals surface area (Å²) in [7, 11) is 0. The van der Waals surface area contributed by atoms with Gasteiger partial charge in [0.15, 0.2) is 17.5 Å². The molecule has 1 aliphatic carbocycles. The zero-order valence-electron chi connectivity index (χ0n) is 9.13. The first-order chi connectivity index (χ1) is 8.56. The van der Waals surface area contributed by atoms with E-state index in [1.54, 1.807) is 6.07 Å². The lowest BCUT2D eigenvalue weighted by atomic mass is 10.3. The molecular formula is C12H8ClF3N2. The van der Waals surface area contributed by atoms with Gasteiger partial charge in [0.2, 0.25) is 0 Å². The molecule has 0 spiro atoms. The molecule has 18 heavy (non-hydrogen) atoms. The molecule has 0 saturated heterocycles. The molecule has 94 valence electrons. The third-order valence-electron chi connectivity index (χ3n) is 2.89. The number of nitrogens with zero attached hydrogens (tertiary/aromatic N) is 2. The maximum Gasteiger partial charge on any atom is 0.194 e. The molecular weight excluding hydrogens is 265 g/mol. The number of halogens is 4. The second-order valence-electron chi connectivity index (χ2n) is 4.30. The number of benzene rings is 1. The molecule has 6 heteroatoms. The summed E-state index contributed by atoms with van der Waals surface area (Å²) in [6.45, 7) is 0. The highest BCUT2D eigenvalue weighted by Gasteiger charge is 2.27. The van der Waals surface area contributed by atoms with E-state index in [9.17, 15) is 13.2 Å². The van der Waals surface area contributed by atoms with Gasteiger partial charge in [-0.05, 0) is 18.9 Å². The van der Waals surface area contributed by atoms with E-state index in [4.69, 9.17) is 11.6 Å². The molecule has 0 radical (unpaired) electrons. The van der Waals surface area contributed by atoms with Crippen molar-refractivity contribution in [3.63, 3.8) is 0 Å². The molecule has 1 fully saturated rings. The molecule has 0 atom stereocenters. The maximum atomic E-state index is 13.1. The molecule has 3 rings (SSSR count). The van der Waals surface area contributed by atoms with Crippen molar-refractivity contribution in [3.05, 3.63) is 46.5 Å². The van der Waals surface area contributed by atoms with Gasteiger partial charge in [-0.25, -0.2) is 17.9 Å². The van der Waals surface area contributed by atoms with Crippen LogP contribution in [0.4, 0.5) is 13.2 Å². The van der Waals surface area contributed by atoms with Gasteiger partial charge in [0.05, 0.1) is 11.4 Å². The third-order valence-corrected chi connectivity index (χ3v) is 3.16. The predicted octanol–water partition coefficient (Wildman–Crippen LogP) is 3.82. The smallest absolute Gasteiger partial charge is 0.194 e. The summed E-state index contributed by atoms with van der Waals surface area (Å²) in [4.78, 5) is 0. The predicted molar refractivity (Wildman–Crippen MR) is 60.4 cm³/mol. The molecule has 1 saturated carbocycles. The van der Waals surface area contributed by atoms with Crippen molar-refractivity contribution in [1.29, 1.82) is 0 Å². The SMILES string of the molecule is Fc1cc(-n2nc(C3CC3)cc2Cl)cc(F)c1F. The zero-order valence-corrected chi connectivity index (χ0v) is 9.89. The van der Waals surface area contributed by atoms with Crippen LogP contribution in [0.5, 0.6) is 0 Å². The van der Waals surface area contributed by atoms with Gasteiger partial charge in [0.25, 0.3) is 0 Å². The van der Waals surface area contributed by atoms with Gasteiger partial charge in [0, 0.05) is 18.1 Å². The van der Waals surface area contributed by atoms with Crippen LogP contribution in [0.25, 0.3) is 5.69 Å². The minimum Gasteiger partial charge on any atom is -0.222 e. The van der Waals surface area contributed by atoms with Crippen molar-refractivity contribution in [3.8, 4) is 5.69 Å². The fraction of sp³-hybridized carbons (Fsp3) is 0.250. The highest BCUT2D eigenvalue weighted by atomic mass is 35.5. The molecule has 1 aromatic heterocycles. The Morgan fingerprint density at radius 3 is 2.28 bits per heavy atom. The monoisotopic (exact) mass is 272 g/mol. The van der Waals surface area contributed by atoms with E-state index in [1.807, 2.05) is 0 Å². The summed E-state index contributed by atoms with van der Waals surface area (Å²) in [6.07, 6.45) is 2.08. The van der Waals surface area contributed by atoms with E-state index in [1.165, 1.54) is 4.68 Å². The fourth-order valence-electron chi connectivity index (χ4n) is 1.80. The topological polar surface area (TPSA) is 17.8 Å². The van der Waals surface area contributed by atoms with Gasteiger partial charge in [-0.15, -0.1) is 0 Å². The fourth-order valence-corrected chi connectivity index (χ4v) is 2.05. The summed E-state index contributed by atoms with van der Waals surface area (Å²) < 4.78 is 40.3. The molecule has 0 amide bonds. The van der Waals surface area contributed by atoms with Crippen LogP contribution in [0.2, 0.25) is 5.15 Å². The number of rotatable bonds is 2. The molecule has 0 N–H and O–H groups in total. The van der Waals surface area contributed by atoms with Crippen molar-refractivity contribution in [2.24, 2.45) is 0 Å².